The molecule has 1 aliphatic carbocycles. The van der Waals surface area contributed by atoms with Crippen molar-refractivity contribution in [3.05, 3.63) is 52.7 Å². The number of halogens is 2. The fourth-order valence-electron chi connectivity index (χ4n) is 7.61. The summed E-state index contributed by atoms with van der Waals surface area (Å²) in [5.41, 5.74) is 1.56. The summed E-state index contributed by atoms with van der Waals surface area (Å²) in [5, 5.41) is 21.3. The number of aromatic hydroxyl groups is 1. The van der Waals surface area contributed by atoms with Gasteiger partial charge in [0.1, 0.15) is 18.2 Å². The molecule has 1 saturated carbocycles. The Morgan fingerprint density at radius 2 is 1.93 bits per heavy atom. The zero-order valence-corrected chi connectivity index (χ0v) is 26.4. The number of phenols is 1. The number of aryl methyl sites for hydroxylation is 1. The number of anilines is 1. The summed E-state index contributed by atoms with van der Waals surface area (Å²) < 4.78 is 35.8. The summed E-state index contributed by atoms with van der Waals surface area (Å²) in [5.74, 6) is -1.88. The molecule has 4 aliphatic rings. The SMILES string of the molecule is Cc1cccc2cc(O)cc(C(=O)N3Cc4nc(OC[C@]5(CN6CCC(C#N)CC6)CC5(F)F)nc(N5CCCC(C)C5)c4C3)c12. The van der Waals surface area contributed by atoms with Gasteiger partial charge in [-0.05, 0) is 80.1 Å². The van der Waals surface area contributed by atoms with Crippen molar-refractivity contribution in [3.8, 4) is 17.8 Å². The molecular formula is C35H40F2N6O3. The molecule has 0 spiro atoms. The van der Waals surface area contributed by atoms with Crippen LogP contribution in [0.3, 0.4) is 0 Å². The third-order valence-electron chi connectivity index (χ3n) is 10.4. The highest BCUT2D eigenvalue weighted by atomic mass is 19.3. The number of nitrogens with zero attached hydrogens (tertiary/aromatic N) is 6. The molecule has 1 unspecified atom stereocenters. The number of alkyl halides is 2. The molecule has 3 fully saturated rings. The summed E-state index contributed by atoms with van der Waals surface area (Å²) in [4.78, 5) is 29.5. The van der Waals surface area contributed by atoms with E-state index in [-0.39, 0.29) is 49.7 Å². The lowest BCUT2D eigenvalue weighted by molar-refractivity contribution is 0.0173. The fraction of sp³-hybridized carbons (Fsp3) is 0.543. The Hall–Kier alpha value is -4.04. The molecule has 1 amide bonds. The van der Waals surface area contributed by atoms with Crippen molar-refractivity contribution in [2.24, 2.45) is 17.3 Å². The molecule has 46 heavy (non-hydrogen) atoms. The van der Waals surface area contributed by atoms with E-state index in [1.807, 2.05) is 30.0 Å². The molecule has 3 aliphatic heterocycles. The summed E-state index contributed by atoms with van der Waals surface area (Å²) in [6.07, 6.45) is 3.25. The van der Waals surface area contributed by atoms with Crippen molar-refractivity contribution in [3.63, 3.8) is 0 Å². The number of hydrogen-bond donors (Lipinski definition) is 1. The van der Waals surface area contributed by atoms with E-state index < -0.39 is 11.3 Å². The first-order chi connectivity index (χ1) is 22.1. The van der Waals surface area contributed by atoms with E-state index in [1.54, 1.807) is 11.0 Å². The maximum absolute atomic E-state index is 14.9. The van der Waals surface area contributed by atoms with Crippen LogP contribution < -0.4 is 9.64 Å². The Balaban J connectivity index is 1.15. The number of fused-ring (bicyclic) bond motifs is 2. The van der Waals surface area contributed by atoms with Crippen LogP contribution in [0.4, 0.5) is 14.6 Å². The van der Waals surface area contributed by atoms with Crippen molar-refractivity contribution >= 4 is 22.5 Å². The number of aromatic nitrogens is 2. The highest BCUT2D eigenvalue weighted by molar-refractivity contribution is 6.09. The van der Waals surface area contributed by atoms with Gasteiger partial charge in [0.15, 0.2) is 0 Å². The molecule has 11 heteroatoms. The molecule has 2 atom stereocenters. The first kappa shape index (κ1) is 30.6. The number of piperidine rings is 2. The molecule has 9 nitrogen and oxygen atoms in total. The number of rotatable bonds is 7. The Kier molecular flexibility index (Phi) is 7.74. The smallest absolute Gasteiger partial charge is 0.318 e. The molecule has 1 aromatic heterocycles. The van der Waals surface area contributed by atoms with Crippen LogP contribution in [0.25, 0.3) is 10.8 Å². The number of hydrogen-bond acceptors (Lipinski definition) is 8. The van der Waals surface area contributed by atoms with Gasteiger partial charge in [-0.15, -0.1) is 0 Å². The highest BCUT2D eigenvalue weighted by Gasteiger charge is 2.72. The van der Waals surface area contributed by atoms with Crippen molar-refractivity contribution < 1.29 is 23.4 Å². The van der Waals surface area contributed by atoms with E-state index in [0.717, 1.165) is 47.8 Å². The molecule has 7 rings (SSSR count). The van der Waals surface area contributed by atoms with Gasteiger partial charge in [-0.1, -0.05) is 25.1 Å². The quantitative estimate of drug-likeness (QED) is 0.356. The zero-order chi connectivity index (χ0) is 32.2. The van der Waals surface area contributed by atoms with Gasteiger partial charge in [0.2, 0.25) is 0 Å². The number of ether oxygens (including phenoxy) is 1. The molecule has 0 bridgehead atoms. The van der Waals surface area contributed by atoms with Crippen LogP contribution in [0.2, 0.25) is 0 Å². The number of likely N-dealkylation sites (tertiary alicyclic amines) is 1. The third-order valence-corrected chi connectivity index (χ3v) is 10.4. The zero-order valence-electron chi connectivity index (χ0n) is 26.4. The maximum atomic E-state index is 14.9. The van der Waals surface area contributed by atoms with Crippen molar-refractivity contribution in [2.75, 3.05) is 44.2 Å². The molecule has 242 valence electrons. The summed E-state index contributed by atoms with van der Waals surface area (Å²) in [6, 6.07) is 11.3. The second-order valence-electron chi connectivity index (χ2n) is 13.9. The van der Waals surface area contributed by atoms with Gasteiger partial charge < -0.3 is 24.5 Å². The minimum atomic E-state index is -2.84. The second-order valence-corrected chi connectivity index (χ2v) is 13.9. The first-order valence-corrected chi connectivity index (χ1v) is 16.3. The largest absolute Gasteiger partial charge is 0.508 e. The lowest BCUT2D eigenvalue weighted by Crippen LogP contribution is -2.41. The number of benzene rings is 2. The van der Waals surface area contributed by atoms with E-state index >= 15 is 0 Å². The van der Waals surface area contributed by atoms with Crippen LogP contribution in [0.1, 0.15) is 66.2 Å². The Morgan fingerprint density at radius 3 is 2.65 bits per heavy atom. The standard InChI is InChI=1S/C35H40F2N6O3/c1-22-5-4-10-42(16-22)31-28-17-43(32(45)27-14-26(44)13-25-7-3-6-23(2)30(25)27)18-29(28)39-33(40-31)46-21-34(19-35(34,36)37)20-41-11-8-24(15-38)9-12-41/h3,6-7,13-14,22,24,44H,4-5,8-12,16-21H2,1-2H3/t22?,34-/m1/s1. The lowest BCUT2D eigenvalue weighted by Gasteiger charge is -2.33. The van der Waals surface area contributed by atoms with Gasteiger partial charge in [-0.3, -0.25) is 4.79 Å². The van der Waals surface area contributed by atoms with Crippen LogP contribution in [-0.2, 0) is 13.1 Å². The van der Waals surface area contributed by atoms with Crippen LogP contribution in [0.5, 0.6) is 11.8 Å². The third kappa shape index (κ3) is 5.61. The Labute approximate surface area is 267 Å². The normalized spacial score (nSPS) is 24.5. The van der Waals surface area contributed by atoms with E-state index in [2.05, 4.69) is 17.9 Å². The Morgan fingerprint density at radius 1 is 1.15 bits per heavy atom. The van der Waals surface area contributed by atoms with Crippen LogP contribution in [0, 0.1) is 35.5 Å². The predicted octanol–water partition coefficient (Wildman–Crippen LogP) is 5.68. The van der Waals surface area contributed by atoms with Gasteiger partial charge >= 0.3 is 6.01 Å². The molecule has 3 aromatic rings. The van der Waals surface area contributed by atoms with E-state index in [0.29, 0.717) is 55.5 Å². The van der Waals surface area contributed by atoms with E-state index in [9.17, 15) is 23.9 Å². The highest BCUT2D eigenvalue weighted by Crippen LogP contribution is 2.61. The molecule has 1 N–H and O–H groups in total. The molecular weight excluding hydrogens is 590 g/mol. The van der Waals surface area contributed by atoms with Gasteiger partial charge in [-0.2, -0.15) is 15.2 Å². The maximum Gasteiger partial charge on any atom is 0.318 e. The average molecular weight is 631 g/mol. The topological polar surface area (TPSA) is 106 Å². The molecule has 0 radical (unpaired) electrons. The minimum absolute atomic E-state index is 0.0133. The van der Waals surface area contributed by atoms with Crippen molar-refractivity contribution in [1.82, 2.24) is 19.8 Å². The minimum Gasteiger partial charge on any atom is -0.508 e. The second kappa shape index (κ2) is 11.6. The predicted molar refractivity (Wildman–Crippen MR) is 169 cm³/mol. The number of carbonyl (C=O) groups is 1. The summed E-state index contributed by atoms with van der Waals surface area (Å²) in [6.45, 7) is 7.54. The molecule has 2 aromatic carbocycles. The monoisotopic (exact) mass is 630 g/mol. The van der Waals surface area contributed by atoms with E-state index in [4.69, 9.17) is 14.7 Å². The van der Waals surface area contributed by atoms with Crippen molar-refractivity contribution in [2.45, 2.75) is 65.0 Å². The summed E-state index contributed by atoms with van der Waals surface area (Å²) >= 11 is 0. The fourth-order valence-corrected chi connectivity index (χ4v) is 7.61. The first-order valence-electron chi connectivity index (χ1n) is 16.3. The van der Waals surface area contributed by atoms with Gasteiger partial charge in [0.25, 0.3) is 11.8 Å². The number of carbonyl (C=O) groups excluding carboxylic acids is 1. The van der Waals surface area contributed by atoms with E-state index in [1.165, 1.54) is 6.07 Å². The number of phenolic OH excluding ortho intramolecular Hbond substituents is 1. The van der Waals surface area contributed by atoms with Gasteiger partial charge in [0.05, 0.1) is 35.8 Å². The van der Waals surface area contributed by atoms with Crippen molar-refractivity contribution in [1.29, 1.82) is 5.26 Å². The van der Waals surface area contributed by atoms with Crippen LogP contribution in [0.15, 0.2) is 30.3 Å². The molecule has 2 saturated heterocycles. The number of amides is 1. The Bertz CT molecular complexity index is 1720. The average Bonchev–Trinajstić information content (AvgIpc) is 3.33. The summed E-state index contributed by atoms with van der Waals surface area (Å²) in [7, 11) is 0. The lowest BCUT2D eigenvalue weighted by atomic mass is 9.97. The molecule has 4 heterocycles. The van der Waals surface area contributed by atoms with Gasteiger partial charge in [0, 0.05) is 37.5 Å². The van der Waals surface area contributed by atoms with Gasteiger partial charge in [-0.25, -0.2) is 8.78 Å². The number of nitriles is 1. The van der Waals surface area contributed by atoms with Crippen LogP contribution >= 0.6 is 0 Å². The van der Waals surface area contributed by atoms with Crippen LogP contribution in [-0.4, -0.2) is 76.0 Å².